The average Bonchev–Trinajstić information content (AvgIpc) is 3.62. The molecule has 0 aliphatic rings. The highest BCUT2D eigenvalue weighted by Gasteiger charge is 2.18. The Bertz CT molecular complexity index is 2280. The Hall–Kier alpha value is -5.86. The predicted molar refractivity (Wildman–Crippen MR) is 187 cm³/mol. The standard InChI is InChI=1S/C42H28N2/c1-3-11-33(12-4-1)43(34-13-5-2-6-14-34)35-25-23-30(24-26-35)29-19-21-31(22-20-29)32-27-38-36-15-7-9-17-40(36)44-41-18-10-8-16-37(41)39(28-32)42(38)44/h1-28H. The van der Waals surface area contributed by atoms with Gasteiger partial charge in [0.1, 0.15) is 0 Å². The normalized spacial score (nSPS) is 11.6. The zero-order valence-electron chi connectivity index (χ0n) is 24.1. The van der Waals surface area contributed by atoms with Gasteiger partial charge in [0.15, 0.2) is 0 Å². The van der Waals surface area contributed by atoms with Gasteiger partial charge in [-0.3, -0.25) is 0 Å². The summed E-state index contributed by atoms with van der Waals surface area (Å²) in [6.07, 6.45) is 0. The first-order chi connectivity index (χ1) is 21.8. The van der Waals surface area contributed by atoms with Crippen LogP contribution in [0.15, 0.2) is 170 Å². The SMILES string of the molecule is c1ccc(N(c2ccccc2)c2ccc(-c3ccc(-c4cc5c6ccccc6n6c7ccccc7c(c4)c56)cc3)cc2)cc1. The van der Waals surface area contributed by atoms with Crippen molar-refractivity contribution < 1.29 is 0 Å². The molecule has 0 radical (unpaired) electrons. The number of fused-ring (bicyclic) bond motifs is 6. The minimum atomic E-state index is 1.13. The Balaban J connectivity index is 1.10. The van der Waals surface area contributed by atoms with Crippen LogP contribution >= 0.6 is 0 Å². The highest BCUT2D eigenvalue weighted by Crippen LogP contribution is 2.42. The molecule has 2 nitrogen and oxygen atoms in total. The molecule has 0 saturated heterocycles. The van der Waals surface area contributed by atoms with Crippen molar-refractivity contribution in [1.29, 1.82) is 0 Å². The van der Waals surface area contributed by atoms with E-state index < -0.39 is 0 Å². The number of benzene rings is 7. The summed E-state index contributed by atoms with van der Waals surface area (Å²) in [5, 5.41) is 5.23. The minimum absolute atomic E-state index is 1.13. The highest BCUT2D eigenvalue weighted by molar-refractivity contribution is 6.24. The molecule has 0 bridgehead atoms. The molecule has 206 valence electrons. The van der Waals surface area contributed by atoms with E-state index in [1.54, 1.807) is 0 Å². The molecule has 9 aromatic rings. The van der Waals surface area contributed by atoms with Crippen molar-refractivity contribution in [2.45, 2.75) is 0 Å². The molecule has 7 aromatic carbocycles. The molecular formula is C42H28N2. The third kappa shape index (κ3) is 3.82. The average molecular weight is 561 g/mol. The van der Waals surface area contributed by atoms with E-state index in [-0.39, 0.29) is 0 Å². The monoisotopic (exact) mass is 560 g/mol. The second-order valence-electron chi connectivity index (χ2n) is 11.4. The van der Waals surface area contributed by atoms with Gasteiger partial charge in [-0.05, 0) is 82.9 Å². The van der Waals surface area contributed by atoms with E-state index in [1.807, 2.05) is 0 Å². The van der Waals surface area contributed by atoms with E-state index in [0.29, 0.717) is 0 Å². The summed E-state index contributed by atoms with van der Waals surface area (Å²) in [6, 6.07) is 61.2. The largest absolute Gasteiger partial charge is 0.311 e. The first-order valence-electron chi connectivity index (χ1n) is 15.1. The maximum atomic E-state index is 2.43. The van der Waals surface area contributed by atoms with Gasteiger partial charge in [-0.1, -0.05) is 109 Å². The molecule has 0 aliphatic carbocycles. The van der Waals surface area contributed by atoms with Crippen molar-refractivity contribution in [3.8, 4) is 22.3 Å². The van der Waals surface area contributed by atoms with Crippen LogP contribution in [0.2, 0.25) is 0 Å². The van der Waals surface area contributed by atoms with Crippen molar-refractivity contribution >= 4 is 55.2 Å². The second kappa shape index (κ2) is 9.86. The number of hydrogen-bond donors (Lipinski definition) is 0. The third-order valence-electron chi connectivity index (χ3n) is 8.91. The first kappa shape index (κ1) is 24.7. The summed E-state index contributed by atoms with van der Waals surface area (Å²) in [7, 11) is 0. The van der Waals surface area contributed by atoms with E-state index in [2.05, 4.69) is 179 Å². The molecule has 0 unspecified atom stereocenters. The number of aromatic nitrogens is 1. The van der Waals surface area contributed by atoms with Gasteiger partial charge in [-0.2, -0.15) is 0 Å². The van der Waals surface area contributed by atoms with Crippen LogP contribution < -0.4 is 4.90 Å². The van der Waals surface area contributed by atoms with Gasteiger partial charge in [-0.25, -0.2) is 0 Å². The lowest BCUT2D eigenvalue weighted by Crippen LogP contribution is -2.09. The fraction of sp³-hybridized carbons (Fsp3) is 0. The van der Waals surface area contributed by atoms with Crippen LogP contribution in [-0.2, 0) is 0 Å². The first-order valence-corrected chi connectivity index (χ1v) is 15.1. The number of anilines is 3. The summed E-state index contributed by atoms with van der Waals surface area (Å²) >= 11 is 0. The van der Waals surface area contributed by atoms with Gasteiger partial charge in [0.25, 0.3) is 0 Å². The molecule has 0 aliphatic heterocycles. The smallest absolute Gasteiger partial charge is 0.0620 e. The quantitative estimate of drug-likeness (QED) is 0.203. The van der Waals surface area contributed by atoms with E-state index in [4.69, 9.17) is 0 Å². The van der Waals surface area contributed by atoms with E-state index in [1.165, 1.54) is 60.3 Å². The summed E-state index contributed by atoms with van der Waals surface area (Å²) in [6.45, 7) is 0. The van der Waals surface area contributed by atoms with Gasteiger partial charge in [0.2, 0.25) is 0 Å². The molecule has 2 aromatic heterocycles. The third-order valence-corrected chi connectivity index (χ3v) is 8.91. The molecule has 2 heterocycles. The summed E-state index contributed by atoms with van der Waals surface area (Å²) < 4.78 is 2.43. The van der Waals surface area contributed by atoms with E-state index >= 15 is 0 Å². The lowest BCUT2D eigenvalue weighted by molar-refractivity contribution is 1.28. The summed E-state index contributed by atoms with van der Waals surface area (Å²) in [5.41, 5.74) is 12.1. The number of nitrogens with zero attached hydrogens (tertiary/aromatic N) is 2. The van der Waals surface area contributed by atoms with E-state index in [9.17, 15) is 0 Å². The van der Waals surface area contributed by atoms with Gasteiger partial charge in [-0.15, -0.1) is 0 Å². The Kier molecular flexibility index (Phi) is 5.54. The minimum Gasteiger partial charge on any atom is -0.311 e. The molecule has 44 heavy (non-hydrogen) atoms. The van der Waals surface area contributed by atoms with Crippen molar-refractivity contribution in [3.63, 3.8) is 0 Å². The van der Waals surface area contributed by atoms with Gasteiger partial charge < -0.3 is 9.30 Å². The molecule has 2 heteroatoms. The maximum Gasteiger partial charge on any atom is 0.0620 e. The molecule has 0 spiro atoms. The fourth-order valence-corrected chi connectivity index (χ4v) is 6.88. The molecule has 9 rings (SSSR count). The number of hydrogen-bond acceptors (Lipinski definition) is 1. The van der Waals surface area contributed by atoms with Crippen LogP contribution in [0.4, 0.5) is 17.1 Å². The second-order valence-corrected chi connectivity index (χ2v) is 11.4. The summed E-state index contributed by atoms with van der Waals surface area (Å²) in [4.78, 5) is 2.29. The van der Waals surface area contributed by atoms with Crippen LogP contribution in [-0.4, -0.2) is 4.40 Å². The van der Waals surface area contributed by atoms with Crippen LogP contribution in [0.3, 0.4) is 0 Å². The topological polar surface area (TPSA) is 7.65 Å². The van der Waals surface area contributed by atoms with Gasteiger partial charge >= 0.3 is 0 Å². The molecule has 0 fully saturated rings. The molecule has 0 saturated carbocycles. The Labute approximate surface area is 256 Å². The number of para-hydroxylation sites is 4. The molecular weight excluding hydrogens is 532 g/mol. The Morgan fingerprint density at radius 1 is 0.318 bits per heavy atom. The zero-order valence-corrected chi connectivity index (χ0v) is 24.1. The molecule has 0 N–H and O–H groups in total. The van der Waals surface area contributed by atoms with Gasteiger partial charge in [0, 0.05) is 38.6 Å². The summed E-state index contributed by atoms with van der Waals surface area (Å²) in [5.74, 6) is 0. The van der Waals surface area contributed by atoms with Crippen molar-refractivity contribution in [2.75, 3.05) is 4.90 Å². The highest BCUT2D eigenvalue weighted by atomic mass is 15.1. The molecule has 0 atom stereocenters. The Morgan fingerprint density at radius 3 is 1.20 bits per heavy atom. The predicted octanol–water partition coefficient (Wildman–Crippen LogP) is 11.6. The Morgan fingerprint density at radius 2 is 0.705 bits per heavy atom. The van der Waals surface area contributed by atoms with Crippen LogP contribution in [0.1, 0.15) is 0 Å². The van der Waals surface area contributed by atoms with Crippen LogP contribution in [0.25, 0.3) is 60.3 Å². The van der Waals surface area contributed by atoms with Crippen molar-refractivity contribution in [2.24, 2.45) is 0 Å². The lowest BCUT2D eigenvalue weighted by atomic mass is 9.97. The van der Waals surface area contributed by atoms with Crippen LogP contribution in [0, 0.1) is 0 Å². The number of rotatable bonds is 5. The maximum absolute atomic E-state index is 2.43. The van der Waals surface area contributed by atoms with Crippen LogP contribution in [0.5, 0.6) is 0 Å². The van der Waals surface area contributed by atoms with Gasteiger partial charge in [0.05, 0.1) is 16.6 Å². The van der Waals surface area contributed by atoms with E-state index in [0.717, 1.165) is 17.1 Å². The van der Waals surface area contributed by atoms with Crippen molar-refractivity contribution in [3.05, 3.63) is 170 Å². The fourth-order valence-electron chi connectivity index (χ4n) is 6.88. The van der Waals surface area contributed by atoms with Crippen molar-refractivity contribution in [1.82, 2.24) is 4.40 Å². The molecule has 0 amide bonds. The zero-order chi connectivity index (χ0) is 29.0. The lowest BCUT2D eigenvalue weighted by Gasteiger charge is -2.25.